The molecule has 0 amide bonds. The summed E-state index contributed by atoms with van der Waals surface area (Å²) >= 11 is 0. The molecule has 1 atom stereocenters. The smallest absolute Gasteiger partial charge is 0.282 e. The number of ether oxygens (including phenoxy) is 1. The maximum absolute atomic E-state index is 12.7. The molecule has 20 heavy (non-hydrogen) atoms. The Bertz CT molecular complexity index is 545. The van der Waals surface area contributed by atoms with Gasteiger partial charge in [-0.05, 0) is 18.9 Å². The van der Waals surface area contributed by atoms with Gasteiger partial charge in [-0.25, -0.2) is 9.97 Å². The van der Waals surface area contributed by atoms with Crippen molar-refractivity contribution in [2.45, 2.75) is 18.9 Å². The second-order valence-electron chi connectivity index (χ2n) is 4.92. The number of aromatic nitrogens is 2. The Morgan fingerprint density at radius 2 is 2.05 bits per heavy atom. The van der Waals surface area contributed by atoms with Crippen LogP contribution < -0.4 is 0 Å². The van der Waals surface area contributed by atoms with Gasteiger partial charge in [-0.15, -0.1) is 0 Å². The maximum atomic E-state index is 12.7. The lowest BCUT2D eigenvalue weighted by molar-refractivity contribution is 0.0698. The zero-order valence-electron chi connectivity index (χ0n) is 11.2. The summed E-state index contributed by atoms with van der Waals surface area (Å²) in [6.45, 7) is 2.33. The van der Waals surface area contributed by atoms with Crippen LogP contribution in [0.3, 0.4) is 0 Å². The summed E-state index contributed by atoms with van der Waals surface area (Å²) in [4.78, 5) is 8.10. The number of morpholine rings is 1. The van der Waals surface area contributed by atoms with E-state index in [9.17, 15) is 8.42 Å². The van der Waals surface area contributed by atoms with Gasteiger partial charge in [0.05, 0.1) is 24.9 Å². The lowest BCUT2D eigenvalue weighted by Gasteiger charge is -2.32. The molecule has 0 spiro atoms. The predicted octanol–water partition coefficient (Wildman–Crippen LogP) is 0.190. The van der Waals surface area contributed by atoms with E-state index in [1.54, 1.807) is 16.6 Å². The second kappa shape index (κ2) is 5.72. The number of rotatable bonds is 3. The van der Waals surface area contributed by atoms with Crippen molar-refractivity contribution in [3.8, 4) is 0 Å². The van der Waals surface area contributed by atoms with Crippen LogP contribution in [0.5, 0.6) is 0 Å². The molecule has 0 radical (unpaired) electrons. The van der Waals surface area contributed by atoms with Gasteiger partial charge in [0.25, 0.3) is 10.2 Å². The lowest BCUT2D eigenvalue weighted by atomic mass is 10.1. The summed E-state index contributed by atoms with van der Waals surface area (Å²) in [7, 11) is -3.43. The molecular formula is C12H18N4O3S. The zero-order valence-corrected chi connectivity index (χ0v) is 12.0. The quantitative estimate of drug-likeness (QED) is 0.796. The van der Waals surface area contributed by atoms with Crippen LogP contribution in [0.15, 0.2) is 18.6 Å². The van der Waals surface area contributed by atoms with Crippen LogP contribution in [0.2, 0.25) is 0 Å². The van der Waals surface area contributed by atoms with Gasteiger partial charge in [-0.3, -0.25) is 0 Å². The zero-order chi connectivity index (χ0) is 14.0. The summed E-state index contributed by atoms with van der Waals surface area (Å²) in [6, 6.07) is 1.61. The van der Waals surface area contributed by atoms with Gasteiger partial charge in [0.2, 0.25) is 0 Å². The van der Waals surface area contributed by atoms with Crippen molar-refractivity contribution in [1.82, 2.24) is 18.6 Å². The van der Waals surface area contributed by atoms with Gasteiger partial charge < -0.3 is 4.74 Å². The number of hydrogen-bond donors (Lipinski definition) is 0. The first-order valence-corrected chi connectivity index (χ1v) is 8.20. The minimum Gasteiger partial charge on any atom is -0.379 e. The topological polar surface area (TPSA) is 75.6 Å². The maximum Gasteiger partial charge on any atom is 0.282 e. The molecule has 1 aromatic heterocycles. The van der Waals surface area contributed by atoms with Crippen molar-refractivity contribution in [3.63, 3.8) is 0 Å². The van der Waals surface area contributed by atoms with Gasteiger partial charge >= 0.3 is 0 Å². The molecule has 110 valence electrons. The van der Waals surface area contributed by atoms with Crippen LogP contribution in [0.25, 0.3) is 0 Å². The summed E-state index contributed by atoms with van der Waals surface area (Å²) in [5, 5.41) is 0. The molecule has 8 heteroatoms. The van der Waals surface area contributed by atoms with Gasteiger partial charge in [-0.1, -0.05) is 0 Å². The van der Waals surface area contributed by atoms with Crippen molar-refractivity contribution in [1.29, 1.82) is 0 Å². The number of nitrogens with zero attached hydrogens (tertiary/aromatic N) is 4. The molecule has 2 aliphatic rings. The average Bonchev–Trinajstić information content (AvgIpc) is 2.99. The molecule has 2 aliphatic heterocycles. The van der Waals surface area contributed by atoms with Crippen molar-refractivity contribution in [2.75, 3.05) is 32.8 Å². The summed E-state index contributed by atoms with van der Waals surface area (Å²) in [6.07, 6.45) is 4.78. The minimum atomic E-state index is -3.43. The van der Waals surface area contributed by atoms with Crippen molar-refractivity contribution >= 4 is 10.2 Å². The molecule has 0 N–H and O–H groups in total. The second-order valence-corrected chi connectivity index (χ2v) is 6.80. The third-order valence-electron chi connectivity index (χ3n) is 3.74. The van der Waals surface area contributed by atoms with Crippen LogP contribution in [0, 0.1) is 0 Å². The van der Waals surface area contributed by atoms with E-state index in [1.165, 1.54) is 10.6 Å². The van der Waals surface area contributed by atoms with Crippen LogP contribution in [-0.4, -0.2) is 59.8 Å². The summed E-state index contributed by atoms with van der Waals surface area (Å²) < 4.78 is 33.8. The third kappa shape index (κ3) is 2.56. The van der Waals surface area contributed by atoms with Crippen LogP contribution >= 0.6 is 0 Å². The fraction of sp³-hybridized carbons (Fsp3) is 0.667. The minimum absolute atomic E-state index is 0.175. The molecule has 0 bridgehead atoms. The Hall–Kier alpha value is -1.09. The monoisotopic (exact) mass is 298 g/mol. The van der Waals surface area contributed by atoms with E-state index >= 15 is 0 Å². The molecule has 0 aromatic carbocycles. The third-order valence-corrected chi connectivity index (χ3v) is 5.79. The molecule has 0 unspecified atom stereocenters. The van der Waals surface area contributed by atoms with Crippen LogP contribution in [0.1, 0.15) is 24.6 Å². The van der Waals surface area contributed by atoms with Gasteiger partial charge in [-0.2, -0.15) is 17.0 Å². The van der Waals surface area contributed by atoms with Crippen LogP contribution in [-0.2, 0) is 14.9 Å². The van der Waals surface area contributed by atoms with E-state index in [0.29, 0.717) is 32.8 Å². The Balaban J connectivity index is 1.84. The highest BCUT2D eigenvalue weighted by Crippen LogP contribution is 2.34. The summed E-state index contributed by atoms with van der Waals surface area (Å²) in [5.74, 6) is 0. The largest absolute Gasteiger partial charge is 0.379 e. The Morgan fingerprint density at radius 3 is 2.75 bits per heavy atom. The normalized spacial score (nSPS) is 25.9. The average molecular weight is 298 g/mol. The predicted molar refractivity (Wildman–Crippen MR) is 72.0 cm³/mol. The van der Waals surface area contributed by atoms with E-state index in [4.69, 9.17) is 4.74 Å². The highest BCUT2D eigenvalue weighted by Gasteiger charge is 2.39. The molecule has 3 heterocycles. The Morgan fingerprint density at radius 1 is 1.25 bits per heavy atom. The fourth-order valence-electron chi connectivity index (χ4n) is 2.74. The van der Waals surface area contributed by atoms with E-state index < -0.39 is 10.2 Å². The summed E-state index contributed by atoms with van der Waals surface area (Å²) in [5.41, 5.74) is 0.773. The Labute approximate surface area is 118 Å². The highest BCUT2D eigenvalue weighted by molar-refractivity contribution is 7.86. The lowest BCUT2D eigenvalue weighted by Crippen LogP contribution is -2.48. The number of hydrogen-bond acceptors (Lipinski definition) is 5. The molecule has 0 saturated carbocycles. The highest BCUT2D eigenvalue weighted by atomic mass is 32.2. The van der Waals surface area contributed by atoms with E-state index in [2.05, 4.69) is 9.97 Å². The molecule has 2 fully saturated rings. The molecular weight excluding hydrogens is 280 g/mol. The fourth-order valence-corrected chi connectivity index (χ4v) is 4.54. The first-order chi connectivity index (χ1) is 9.69. The first-order valence-electron chi connectivity index (χ1n) is 6.80. The van der Waals surface area contributed by atoms with Crippen LogP contribution in [0.4, 0.5) is 0 Å². The molecule has 7 nitrogen and oxygen atoms in total. The molecule has 2 saturated heterocycles. The van der Waals surface area contributed by atoms with Gasteiger partial charge in [0.1, 0.15) is 6.33 Å². The first kappa shape index (κ1) is 13.9. The van der Waals surface area contributed by atoms with Crippen molar-refractivity contribution in [2.24, 2.45) is 0 Å². The van der Waals surface area contributed by atoms with Gasteiger partial charge in [0.15, 0.2) is 0 Å². The molecule has 3 rings (SSSR count). The molecule has 0 aliphatic carbocycles. The standard InChI is InChI=1S/C12H18N4O3S/c17-20(18,15-6-8-19-9-7-15)16-5-1-2-12(16)11-3-4-13-10-14-11/h3-4,10,12H,1-2,5-9H2/t12-/m0/s1. The van der Waals surface area contributed by atoms with Crippen molar-refractivity contribution in [3.05, 3.63) is 24.3 Å². The van der Waals surface area contributed by atoms with Gasteiger partial charge in [0, 0.05) is 25.8 Å². The molecule has 1 aromatic rings. The van der Waals surface area contributed by atoms with E-state index in [1.807, 2.05) is 0 Å². The Kier molecular flexibility index (Phi) is 3.97. The van der Waals surface area contributed by atoms with E-state index in [0.717, 1.165) is 18.5 Å². The SMILES string of the molecule is O=S(=O)(N1CCOCC1)N1CCC[C@H]1c1ccncn1. The van der Waals surface area contributed by atoms with E-state index in [-0.39, 0.29) is 6.04 Å². The van der Waals surface area contributed by atoms with Crippen molar-refractivity contribution < 1.29 is 13.2 Å².